The molecule has 0 bridgehead atoms. The third-order valence-electron chi connectivity index (χ3n) is 4.45. The standard InChI is InChI=1S/C15H21N5/c1-2-9-20-14(3-1)17-18-15(20)6-8-16-12-7-10-19(11-12)13-4-5-13/h1-3,9,12-13,16H,4-8,10-11H2. The van der Waals surface area contributed by atoms with E-state index >= 15 is 0 Å². The number of fused-ring (bicyclic) bond motifs is 1. The molecule has 3 heterocycles. The molecule has 0 spiro atoms. The number of nitrogens with zero attached hydrogens (tertiary/aromatic N) is 4. The highest BCUT2D eigenvalue weighted by molar-refractivity contribution is 5.36. The van der Waals surface area contributed by atoms with Crippen LogP contribution in [0.5, 0.6) is 0 Å². The van der Waals surface area contributed by atoms with Crippen molar-refractivity contribution in [2.24, 2.45) is 0 Å². The number of pyridine rings is 1. The van der Waals surface area contributed by atoms with Crippen molar-refractivity contribution in [3.63, 3.8) is 0 Å². The average molecular weight is 271 g/mol. The quantitative estimate of drug-likeness (QED) is 0.884. The zero-order valence-corrected chi connectivity index (χ0v) is 11.7. The zero-order chi connectivity index (χ0) is 13.4. The van der Waals surface area contributed by atoms with Crippen molar-refractivity contribution in [2.45, 2.75) is 37.8 Å². The highest BCUT2D eigenvalue weighted by Gasteiger charge is 2.33. The molecule has 1 saturated carbocycles. The Bertz CT molecular complexity index is 589. The molecule has 0 amide bonds. The van der Waals surface area contributed by atoms with Gasteiger partial charge in [0.1, 0.15) is 5.82 Å². The summed E-state index contributed by atoms with van der Waals surface area (Å²) >= 11 is 0. The topological polar surface area (TPSA) is 45.5 Å². The molecule has 5 nitrogen and oxygen atoms in total. The molecule has 2 aromatic heterocycles. The van der Waals surface area contributed by atoms with Crippen molar-refractivity contribution >= 4 is 5.65 Å². The first-order chi connectivity index (χ1) is 9.90. The number of hydrogen-bond acceptors (Lipinski definition) is 4. The van der Waals surface area contributed by atoms with Gasteiger partial charge in [0.2, 0.25) is 0 Å². The van der Waals surface area contributed by atoms with Crippen molar-refractivity contribution in [3.8, 4) is 0 Å². The summed E-state index contributed by atoms with van der Waals surface area (Å²) in [5.41, 5.74) is 0.934. The van der Waals surface area contributed by atoms with Crippen molar-refractivity contribution < 1.29 is 0 Å². The predicted octanol–water partition coefficient (Wildman–Crippen LogP) is 1.10. The fourth-order valence-electron chi connectivity index (χ4n) is 3.17. The smallest absolute Gasteiger partial charge is 0.160 e. The molecule has 20 heavy (non-hydrogen) atoms. The molecule has 1 aliphatic heterocycles. The number of aromatic nitrogens is 3. The number of likely N-dealkylation sites (tertiary alicyclic amines) is 1. The lowest BCUT2D eigenvalue weighted by atomic mass is 10.2. The van der Waals surface area contributed by atoms with Crippen LogP contribution in [0.25, 0.3) is 5.65 Å². The monoisotopic (exact) mass is 271 g/mol. The summed E-state index contributed by atoms with van der Waals surface area (Å²) in [7, 11) is 0. The van der Waals surface area contributed by atoms with Gasteiger partial charge in [0.15, 0.2) is 5.65 Å². The molecular weight excluding hydrogens is 250 g/mol. The summed E-state index contributed by atoms with van der Waals surface area (Å²) in [6.07, 6.45) is 7.09. The van der Waals surface area contributed by atoms with Crippen LogP contribution in [0.2, 0.25) is 0 Å². The maximum Gasteiger partial charge on any atom is 0.160 e. The molecule has 2 fully saturated rings. The van der Waals surface area contributed by atoms with E-state index in [-0.39, 0.29) is 0 Å². The largest absolute Gasteiger partial charge is 0.312 e. The fourth-order valence-corrected chi connectivity index (χ4v) is 3.17. The van der Waals surface area contributed by atoms with Crippen LogP contribution < -0.4 is 5.32 Å². The average Bonchev–Trinajstić information content (AvgIpc) is 3.09. The second kappa shape index (κ2) is 5.14. The van der Waals surface area contributed by atoms with Crippen LogP contribution in [-0.4, -0.2) is 51.2 Å². The first kappa shape index (κ1) is 12.3. The second-order valence-electron chi connectivity index (χ2n) is 5.96. The summed E-state index contributed by atoms with van der Waals surface area (Å²) in [6.45, 7) is 3.49. The molecule has 5 heteroatoms. The van der Waals surface area contributed by atoms with Gasteiger partial charge in [-0.1, -0.05) is 6.07 Å². The Hall–Kier alpha value is -1.46. The third-order valence-corrected chi connectivity index (χ3v) is 4.45. The van der Waals surface area contributed by atoms with E-state index in [1.54, 1.807) is 0 Å². The Morgan fingerprint density at radius 2 is 2.15 bits per heavy atom. The lowest BCUT2D eigenvalue weighted by Crippen LogP contribution is -2.34. The van der Waals surface area contributed by atoms with E-state index < -0.39 is 0 Å². The van der Waals surface area contributed by atoms with E-state index in [0.717, 1.165) is 30.5 Å². The van der Waals surface area contributed by atoms with E-state index in [2.05, 4.69) is 24.8 Å². The minimum atomic E-state index is 0.662. The molecule has 1 N–H and O–H groups in total. The van der Waals surface area contributed by atoms with Gasteiger partial charge in [0, 0.05) is 44.3 Å². The summed E-state index contributed by atoms with van der Waals surface area (Å²) in [5, 5.41) is 12.1. The summed E-state index contributed by atoms with van der Waals surface area (Å²) in [5.74, 6) is 1.05. The Kier molecular flexibility index (Phi) is 3.16. The van der Waals surface area contributed by atoms with E-state index in [4.69, 9.17) is 0 Å². The van der Waals surface area contributed by atoms with Crippen LogP contribution in [0.15, 0.2) is 24.4 Å². The molecule has 1 atom stereocenters. The Morgan fingerprint density at radius 1 is 1.20 bits per heavy atom. The van der Waals surface area contributed by atoms with E-state index in [1.807, 2.05) is 24.4 Å². The van der Waals surface area contributed by atoms with Gasteiger partial charge in [-0.25, -0.2) is 0 Å². The molecule has 0 aromatic carbocycles. The Labute approximate surface area is 119 Å². The SMILES string of the molecule is c1ccn2c(CCNC3CCN(C4CC4)C3)nnc2c1. The van der Waals surface area contributed by atoms with E-state index in [0.29, 0.717) is 6.04 Å². The summed E-state index contributed by atoms with van der Waals surface area (Å²) in [4.78, 5) is 2.64. The van der Waals surface area contributed by atoms with Gasteiger partial charge < -0.3 is 5.32 Å². The molecule has 1 unspecified atom stereocenters. The van der Waals surface area contributed by atoms with Crippen molar-refractivity contribution in [3.05, 3.63) is 30.2 Å². The minimum Gasteiger partial charge on any atom is -0.312 e. The van der Waals surface area contributed by atoms with Crippen LogP contribution in [0.4, 0.5) is 0 Å². The van der Waals surface area contributed by atoms with Gasteiger partial charge in [-0.3, -0.25) is 9.30 Å². The Morgan fingerprint density at radius 3 is 3.05 bits per heavy atom. The number of rotatable bonds is 5. The first-order valence-corrected chi connectivity index (χ1v) is 7.66. The van der Waals surface area contributed by atoms with E-state index in [9.17, 15) is 0 Å². The van der Waals surface area contributed by atoms with Crippen LogP contribution in [0.1, 0.15) is 25.1 Å². The summed E-state index contributed by atoms with van der Waals surface area (Å²) < 4.78 is 2.08. The normalized spacial score (nSPS) is 23.7. The molecule has 4 rings (SSSR count). The fraction of sp³-hybridized carbons (Fsp3) is 0.600. The first-order valence-electron chi connectivity index (χ1n) is 7.66. The molecule has 0 radical (unpaired) electrons. The van der Waals surface area contributed by atoms with Crippen molar-refractivity contribution in [1.29, 1.82) is 0 Å². The molecule has 2 aliphatic rings. The van der Waals surface area contributed by atoms with Crippen LogP contribution in [0, 0.1) is 0 Å². The van der Waals surface area contributed by atoms with Gasteiger partial charge in [0.05, 0.1) is 0 Å². The predicted molar refractivity (Wildman–Crippen MR) is 77.7 cm³/mol. The maximum absolute atomic E-state index is 4.28. The molecule has 2 aromatic rings. The third kappa shape index (κ3) is 2.43. The minimum absolute atomic E-state index is 0.662. The van der Waals surface area contributed by atoms with Crippen LogP contribution in [-0.2, 0) is 6.42 Å². The highest BCUT2D eigenvalue weighted by Crippen LogP contribution is 2.29. The van der Waals surface area contributed by atoms with E-state index in [1.165, 1.54) is 32.4 Å². The van der Waals surface area contributed by atoms with Gasteiger partial charge in [-0.15, -0.1) is 10.2 Å². The zero-order valence-electron chi connectivity index (χ0n) is 11.7. The van der Waals surface area contributed by atoms with Gasteiger partial charge in [-0.2, -0.15) is 0 Å². The van der Waals surface area contributed by atoms with Gasteiger partial charge in [0.25, 0.3) is 0 Å². The van der Waals surface area contributed by atoms with Crippen LogP contribution >= 0.6 is 0 Å². The molecule has 1 aliphatic carbocycles. The molecule has 106 valence electrons. The van der Waals surface area contributed by atoms with Crippen molar-refractivity contribution in [2.75, 3.05) is 19.6 Å². The summed E-state index contributed by atoms with van der Waals surface area (Å²) in [6, 6.07) is 7.58. The number of hydrogen-bond donors (Lipinski definition) is 1. The number of nitrogens with one attached hydrogen (secondary N) is 1. The highest BCUT2D eigenvalue weighted by atomic mass is 15.3. The lowest BCUT2D eigenvalue weighted by molar-refractivity contribution is 0.317. The molecule has 1 saturated heterocycles. The van der Waals surface area contributed by atoms with Gasteiger partial charge in [-0.05, 0) is 31.4 Å². The second-order valence-corrected chi connectivity index (χ2v) is 5.96. The van der Waals surface area contributed by atoms with Crippen LogP contribution in [0.3, 0.4) is 0 Å². The maximum atomic E-state index is 4.28. The van der Waals surface area contributed by atoms with Crippen molar-refractivity contribution in [1.82, 2.24) is 24.8 Å². The van der Waals surface area contributed by atoms with Gasteiger partial charge >= 0.3 is 0 Å². The molecular formula is C15H21N5. The Balaban J connectivity index is 1.30. The lowest BCUT2D eigenvalue weighted by Gasteiger charge is -2.15.